The summed E-state index contributed by atoms with van der Waals surface area (Å²) in [5.74, 6) is 1.97. The molecular weight excluding hydrogens is 250 g/mol. The Kier molecular flexibility index (Phi) is 3.64. The number of likely N-dealkylation sites (tertiary alicyclic amines) is 1. The van der Waals surface area contributed by atoms with Crippen molar-refractivity contribution in [1.29, 1.82) is 0 Å². The van der Waals surface area contributed by atoms with Crippen LogP contribution in [-0.4, -0.2) is 36.4 Å². The summed E-state index contributed by atoms with van der Waals surface area (Å²) in [5.41, 5.74) is 1.23. The van der Waals surface area contributed by atoms with E-state index >= 15 is 0 Å². The predicted molar refractivity (Wildman–Crippen MR) is 79.6 cm³/mol. The molecule has 2 heterocycles. The number of anilines is 1. The second-order valence-corrected chi connectivity index (χ2v) is 6.23. The molecule has 1 amide bonds. The van der Waals surface area contributed by atoms with Crippen molar-refractivity contribution in [1.82, 2.24) is 9.88 Å². The van der Waals surface area contributed by atoms with E-state index in [9.17, 15) is 4.79 Å². The zero-order valence-corrected chi connectivity index (χ0v) is 12.4. The van der Waals surface area contributed by atoms with E-state index in [1.54, 1.807) is 0 Å². The van der Waals surface area contributed by atoms with Crippen LogP contribution in [0.25, 0.3) is 0 Å². The average molecular weight is 273 g/mol. The third kappa shape index (κ3) is 2.79. The number of carbonyl (C=O) groups is 1. The van der Waals surface area contributed by atoms with Crippen molar-refractivity contribution in [2.75, 3.05) is 25.5 Å². The highest BCUT2D eigenvalue weighted by Crippen LogP contribution is 2.37. The molecule has 108 valence electrons. The molecule has 4 nitrogen and oxygen atoms in total. The Morgan fingerprint density at radius 1 is 1.40 bits per heavy atom. The van der Waals surface area contributed by atoms with Crippen LogP contribution in [0.15, 0.2) is 18.3 Å². The summed E-state index contributed by atoms with van der Waals surface area (Å²) in [6.45, 7) is 0.913. The largest absolute Gasteiger partial charge is 0.363 e. The highest BCUT2D eigenvalue weighted by molar-refractivity contribution is 5.77. The first-order valence-corrected chi connectivity index (χ1v) is 7.58. The number of aromatic nitrogens is 1. The maximum atomic E-state index is 12.4. The van der Waals surface area contributed by atoms with Crippen LogP contribution in [0.5, 0.6) is 0 Å². The summed E-state index contributed by atoms with van der Waals surface area (Å²) in [7, 11) is 3.99. The third-order valence-electron chi connectivity index (χ3n) is 4.35. The van der Waals surface area contributed by atoms with Crippen molar-refractivity contribution >= 4 is 11.7 Å². The van der Waals surface area contributed by atoms with E-state index in [1.807, 2.05) is 25.2 Å². The highest BCUT2D eigenvalue weighted by atomic mass is 16.2. The van der Waals surface area contributed by atoms with Crippen LogP contribution >= 0.6 is 0 Å². The Hall–Kier alpha value is -1.58. The minimum absolute atomic E-state index is 0.253. The SMILES string of the molecule is CN(C)c1cc(C2CCCN2C(=O)CC2CC2)ccn1. The Morgan fingerprint density at radius 2 is 2.20 bits per heavy atom. The van der Waals surface area contributed by atoms with Gasteiger partial charge >= 0.3 is 0 Å². The molecule has 2 fully saturated rings. The fraction of sp³-hybridized carbons (Fsp3) is 0.625. The number of carbonyl (C=O) groups excluding carboxylic acids is 1. The van der Waals surface area contributed by atoms with Gasteiger partial charge in [-0.15, -0.1) is 0 Å². The molecule has 1 aromatic heterocycles. The topological polar surface area (TPSA) is 36.4 Å². The molecule has 1 atom stereocenters. The van der Waals surface area contributed by atoms with E-state index in [0.717, 1.165) is 31.6 Å². The van der Waals surface area contributed by atoms with Gasteiger partial charge < -0.3 is 9.80 Å². The van der Waals surface area contributed by atoms with Gasteiger partial charge in [-0.3, -0.25) is 4.79 Å². The molecule has 1 unspecified atom stereocenters. The van der Waals surface area contributed by atoms with Crippen molar-refractivity contribution in [2.45, 2.75) is 38.1 Å². The van der Waals surface area contributed by atoms with Crippen LogP contribution in [-0.2, 0) is 4.79 Å². The molecule has 1 aromatic rings. The van der Waals surface area contributed by atoms with Crippen molar-refractivity contribution in [3.05, 3.63) is 23.9 Å². The Morgan fingerprint density at radius 3 is 2.90 bits per heavy atom. The molecule has 20 heavy (non-hydrogen) atoms. The maximum absolute atomic E-state index is 12.4. The number of hydrogen-bond acceptors (Lipinski definition) is 3. The molecule has 2 aliphatic rings. The lowest BCUT2D eigenvalue weighted by Crippen LogP contribution is -2.30. The molecule has 1 aliphatic heterocycles. The number of amides is 1. The molecular formula is C16H23N3O. The molecule has 0 bridgehead atoms. The summed E-state index contributed by atoms with van der Waals surface area (Å²) in [5, 5.41) is 0. The summed E-state index contributed by atoms with van der Waals surface area (Å²) >= 11 is 0. The summed E-state index contributed by atoms with van der Waals surface area (Å²) in [6.07, 6.45) is 7.27. The predicted octanol–water partition coefficient (Wildman–Crippen LogP) is 2.61. The standard InChI is InChI=1S/C16H23N3O/c1-18(2)15-11-13(7-8-17-15)14-4-3-9-19(14)16(20)10-12-5-6-12/h7-8,11-12,14H,3-6,9-10H2,1-2H3. The lowest BCUT2D eigenvalue weighted by atomic mass is 10.1. The Labute approximate surface area is 120 Å². The van der Waals surface area contributed by atoms with Crippen LogP contribution in [0, 0.1) is 5.92 Å². The fourth-order valence-corrected chi connectivity index (χ4v) is 2.98. The van der Waals surface area contributed by atoms with Crippen LogP contribution in [0.4, 0.5) is 5.82 Å². The molecule has 0 aromatic carbocycles. The Balaban J connectivity index is 1.77. The van der Waals surface area contributed by atoms with Crippen LogP contribution in [0.3, 0.4) is 0 Å². The van der Waals surface area contributed by atoms with Gasteiger partial charge in [0.25, 0.3) is 0 Å². The number of hydrogen-bond donors (Lipinski definition) is 0. The zero-order valence-electron chi connectivity index (χ0n) is 12.4. The van der Waals surface area contributed by atoms with Gasteiger partial charge in [-0.05, 0) is 49.3 Å². The van der Waals surface area contributed by atoms with E-state index in [4.69, 9.17) is 0 Å². The lowest BCUT2D eigenvalue weighted by molar-refractivity contribution is -0.132. The number of pyridine rings is 1. The van der Waals surface area contributed by atoms with E-state index in [-0.39, 0.29) is 6.04 Å². The summed E-state index contributed by atoms with van der Waals surface area (Å²) in [6, 6.07) is 4.43. The van der Waals surface area contributed by atoms with Crippen LogP contribution < -0.4 is 4.90 Å². The first-order chi connectivity index (χ1) is 9.65. The van der Waals surface area contributed by atoms with E-state index in [0.29, 0.717) is 11.8 Å². The maximum Gasteiger partial charge on any atom is 0.223 e. The minimum Gasteiger partial charge on any atom is -0.363 e. The second kappa shape index (κ2) is 5.43. The van der Waals surface area contributed by atoms with Crippen molar-refractivity contribution < 1.29 is 4.79 Å². The van der Waals surface area contributed by atoms with E-state index < -0.39 is 0 Å². The van der Waals surface area contributed by atoms with Crippen molar-refractivity contribution in [3.63, 3.8) is 0 Å². The van der Waals surface area contributed by atoms with Crippen LogP contribution in [0.2, 0.25) is 0 Å². The van der Waals surface area contributed by atoms with Gasteiger partial charge in [0.05, 0.1) is 6.04 Å². The van der Waals surface area contributed by atoms with Gasteiger partial charge in [-0.1, -0.05) is 0 Å². The quantitative estimate of drug-likeness (QED) is 0.846. The normalized spacial score (nSPS) is 22.1. The Bertz CT molecular complexity index is 496. The van der Waals surface area contributed by atoms with Crippen LogP contribution in [0.1, 0.15) is 43.7 Å². The van der Waals surface area contributed by atoms with Crippen molar-refractivity contribution in [3.8, 4) is 0 Å². The molecule has 1 aliphatic carbocycles. The number of rotatable bonds is 4. The zero-order chi connectivity index (χ0) is 14.1. The molecule has 3 rings (SSSR count). The van der Waals surface area contributed by atoms with Gasteiger partial charge in [0.1, 0.15) is 5.82 Å². The summed E-state index contributed by atoms with van der Waals surface area (Å²) < 4.78 is 0. The highest BCUT2D eigenvalue weighted by Gasteiger charge is 2.33. The lowest BCUT2D eigenvalue weighted by Gasteiger charge is -2.26. The second-order valence-electron chi connectivity index (χ2n) is 6.23. The minimum atomic E-state index is 0.253. The number of nitrogens with zero attached hydrogens (tertiary/aromatic N) is 3. The molecule has 1 saturated heterocycles. The summed E-state index contributed by atoms with van der Waals surface area (Å²) in [4.78, 5) is 20.9. The van der Waals surface area contributed by atoms with Gasteiger partial charge in [0, 0.05) is 33.3 Å². The fourth-order valence-electron chi connectivity index (χ4n) is 2.98. The van der Waals surface area contributed by atoms with Gasteiger partial charge in [-0.25, -0.2) is 4.98 Å². The van der Waals surface area contributed by atoms with Gasteiger partial charge in [0.15, 0.2) is 0 Å². The smallest absolute Gasteiger partial charge is 0.223 e. The van der Waals surface area contributed by atoms with Crippen molar-refractivity contribution in [2.24, 2.45) is 5.92 Å². The van der Waals surface area contributed by atoms with E-state index in [1.165, 1.54) is 18.4 Å². The molecule has 0 radical (unpaired) electrons. The molecule has 0 spiro atoms. The first-order valence-electron chi connectivity index (χ1n) is 7.58. The van der Waals surface area contributed by atoms with E-state index in [2.05, 4.69) is 22.0 Å². The van der Waals surface area contributed by atoms with Gasteiger partial charge in [0.2, 0.25) is 5.91 Å². The monoisotopic (exact) mass is 273 g/mol. The first kappa shape index (κ1) is 13.4. The third-order valence-corrected chi connectivity index (χ3v) is 4.35. The molecule has 4 heteroatoms. The van der Waals surface area contributed by atoms with Gasteiger partial charge in [-0.2, -0.15) is 0 Å². The average Bonchev–Trinajstić information content (AvgIpc) is 3.11. The molecule has 1 saturated carbocycles. The molecule has 0 N–H and O–H groups in total.